The van der Waals surface area contributed by atoms with Crippen LogP contribution in [0.15, 0.2) is 78.9 Å². The number of nitrogens with one attached hydrogen (secondary N) is 1. The summed E-state index contributed by atoms with van der Waals surface area (Å²) in [7, 11) is 0. The second-order valence-corrected chi connectivity index (χ2v) is 7.62. The van der Waals surface area contributed by atoms with Crippen molar-refractivity contribution in [2.75, 3.05) is 0 Å². The molecule has 0 aliphatic heterocycles. The average molecular weight is 383 g/mol. The number of hydrogen-bond acceptors (Lipinski definition) is 1. The van der Waals surface area contributed by atoms with E-state index in [1.165, 1.54) is 16.8 Å². The van der Waals surface area contributed by atoms with Gasteiger partial charge in [-0.3, -0.25) is 4.79 Å². The Morgan fingerprint density at radius 2 is 1.59 bits per heavy atom. The Kier molecular flexibility index (Phi) is 5.22. The number of fused-ring (bicyclic) bond motifs is 1. The molecular formula is C26H26N2O. The molecule has 1 unspecified atom stereocenters. The molecule has 0 radical (unpaired) electrons. The highest BCUT2D eigenvalue weighted by molar-refractivity contribution is 5.99. The van der Waals surface area contributed by atoms with Gasteiger partial charge >= 0.3 is 0 Å². The Morgan fingerprint density at radius 1 is 0.931 bits per heavy atom. The number of aromatic nitrogens is 1. The smallest absolute Gasteiger partial charge is 0.251 e. The van der Waals surface area contributed by atoms with Gasteiger partial charge in [0.15, 0.2) is 0 Å². The van der Waals surface area contributed by atoms with Crippen LogP contribution in [0, 0.1) is 13.8 Å². The van der Waals surface area contributed by atoms with E-state index in [1.54, 1.807) is 0 Å². The molecule has 0 spiro atoms. The molecule has 0 saturated heterocycles. The van der Waals surface area contributed by atoms with Crippen molar-refractivity contribution in [1.82, 2.24) is 9.88 Å². The van der Waals surface area contributed by atoms with E-state index < -0.39 is 0 Å². The van der Waals surface area contributed by atoms with E-state index in [1.807, 2.05) is 55.5 Å². The minimum atomic E-state index is -0.0453. The minimum absolute atomic E-state index is 0.0371. The third-order valence-electron chi connectivity index (χ3n) is 5.73. The van der Waals surface area contributed by atoms with Crippen LogP contribution in [0.5, 0.6) is 0 Å². The molecular weight excluding hydrogens is 356 g/mol. The number of rotatable bonds is 5. The molecule has 146 valence electrons. The number of aryl methyl sites for hydroxylation is 1. The SMILES string of the molecule is Cc1c(C)n(Cc2ccccc2)c2ccc(C(=O)NC(C)c3ccccc3)cc12. The summed E-state index contributed by atoms with van der Waals surface area (Å²) in [6.45, 7) is 7.12. The van der Waals surface area contributed by atoms with Gasteiger partial charge in [-0.2, -0.15) is 0 Å². The van der Waals surface area contributed by atoms with Gasteiger partial charge in [-0.1, -0.05) is 60.7 Å². The van der Waals surface area contributed by atoms with Crippen molar-refractivity contribution in [1.29, 1.82) is 0 Å². The zero-order valence-electron chi connectivity index (χ0n) is 17.1. The predicted octanol–water partition coefficient (Wildman–Crippen LogP) is 5.80. The van der Waals surface area contributed by atoms with Crippen LogP contribution in [0.25, 0.3) is 10.9 Å². The highest BCUT2D eigenvalue weighted by Crippen LogP contribution is 2.27. The molecule has 3 heteroatoms. The highest BCUT2D eigenvalue weighted by Gasteiger charge is 2.16. The fraction of sp³-hybridized carbons (Fsp3) is 0.192. The van der Waals surface area contributed by atoms with E-state index in [-0.39, 0.29) is 11.9 Å². The molecule has 0 aliphatic carbocycles. The lowest BCUT2D eigenvalue weighted by molar-refractivity contribution is 0.0940. The summed E-state index contributed by atoms with van der Waals surface area (Å²) in [6, 6.07) is 26.5. The molecule has 3 nitrogen and oxygen atoms in total. The summed E-state index contributed by atoms with van der Waals surface area (Å²) in [4.78, 5) is 12.8. The molecule has 4 aromatic rings. The normalized spacial score (nSPS) is 12.1. The summed E-state index contributed by atoms with van der Waals surface area (Å²) in [6.07, 6.45) is 0. The molecule has 0 bridgehead atoms. The average Bonchev–Trinajstić information content (AvgIpc) is 2.99. The first-order chi connectivity index (χ1) is 14.0. The molecule has 0 saturated carbocycles. The Bertz CT molecular complexity index is 1140. The van der Waals surface area contributed by atoms with Gasteiger partial charge in [-0.15, -0.1) is 0 Å². The fourth-order valence-electron chi connectivity index (χ4n) is 3.87. The lowest BCUT2D eigenvalue weighted by Crippen LogP contribution is -2.26. The second-order valence-electron chi connectivity index (χ2n) is 7.62. The molecule has 4 rings (SSSR count). The number of benzene rings is 3. The molecule has 29 heavy (non-hydrogen) atoms. The standard InChI is InChI=1S/C26H26N2O/c1-18-20(3)28(17-21-10-6-4-7-11-21)25-15-14-23(16-24(18)25)26(29)27-19(2)22-12-8-5-9-13-22/h4-16,19H,17H2,1-3H3,(H,27,29). The summed E-state index contributed by atoms with van der Waals surface area (Å²) in [5, 5.41) is 4.25. The second kappa shape index (κ2) is 7.96. The zero-order valence-corrected chi connectivity index (χ0v) is 17.1. The summed E-state index contributed by atoms with van der Waals surface area (Å²) < 4.78 is 2.33. The molecule has 1 atom stereocenters. The molecule has 1 amide bonds. The van der Waals surface area contributed by atoms with Gasteiger partial charge in [0, 0.05) is 28.7 Å². The third-order valence-corrected chi connectivity index (χ3v) is 5.73. The first kappa shape index (κ1) is 19.0. The molecule has 1 aromatic heterocycles. The van der Waals surface area contributed by atoms with E-state index in [0.717, 1.165) is 23.0 Å². The van der Waals surface area contributed by atoms with Crippen molar-refractivity contribution < 1.29 is 4.79 Å². The Morgan fingerprint density at radius 3 is 2.28 bits per heavy atom. The third kappa shape index (κ3) is 3.81. The molecule has 1 N–H and O–H groups in total. The van der Waals surface area contributed by atoms with E-state index in [2.05, 4.69) is 54.1 Å². The van der Waals surface area contributed by atoms with Gasteiger partial charge in [0.25, 0.3) is 5.91 Å². The van der Waals surface area contributed by atoms with Crippen LogP contribution in [0.3, 0.4) is 0 Å². The van der Waals surface area contributed by atoms with E-state index in [9.17, 15) is 4.79 Å². The summed E-state index contributed by atoms with van der Waals surface area (Å²) >= 11 is 0. The zero-order chi connectivity index (χ0) is 20.4. The number of hydrogen-bond donors (Lipinski definition) is 1. The predicted molar refractivity (Wildman–Crippen MR) is 119 cm³/mol. The summed E-state index contributed by atoms with van der Waals surface area (Å²) in [5.74, 6) is -0.0453. The molecule has 0 aliphatic rings. The van der Waals surface area contributed by atoms with Crippen LogP contribution >= 0.6 is 0 Å². The number of nitrogens with zero attached hydrogens (tertiary/aromatic N) is 1. The Balaban J connectivity index is 1.62. The van der Waals surface area contributed by atoms with Crippen LogP contribution in [-0.4, -0.2) is 10.5 Å². The Labute approximate surface area is 172 Å². The van der Waals surface area contributed by atoms with Crippen LogP contribution in [0.2, 0.25) is 0 Å². The number of amides is 1. The van der Waals surface area contributed by atoms with Gasteiger partial charge in [-0.05, 0) is 55.7 Å². The Hall–Kier alpha value is -3.33. The minimum Gasteiger partial charge on any atom is -0.346 e. The topological polar surface area (TPSA) is 34.0 Å². The molecule has 1 heterocycles. The first-order valence-electron chi connectivity index (χ1n) is 10.0. The van der Waals surface area contributed by atoms with Crippen molar-refractivity contribution in [3.63, 3.8) is 0 Å². The van der Waals surface area contributed by atoms with Crippen molar-refractivity contribution in [3.05, 3.63) is 107 Å². The van der Waals surface area contributed by atoms with Gasteiger partial charge in [-0.25, -0.2) is 0 Å². The highest BCUT2D eigenvalue weighted by atomic mass is 16.1. The fourth-order valence-corrected chi connectivity index (χ4v) is 3.87. The van der Waals surface area contributed by atoms with Crippen LogP contribution in [0.4, 0.5) is 0 Å². The van der Waals surface area contributed by atoms with Crippen molar-refractivity contribution in [3.8, 4) is 0 Å². The van der Waals surface area contributed by atoms with Crippen LogP contribution in [-0.2, 0) is 6.54 Å². The van der Waals surface area contributed by atoms with Gasteiger partial charge < -0.3 is 9.88 Å². The van der Waals surface area contributed by atoms with Crippen LogP contribution < -0.4 is 5.32 Å². The van der Waals surface area contributed by atoms with Crippen molar-refractivity contribution >= 4 is 16.8 Å². The molecule has 3 aromatic carbocycles. The monoisotopic (exact) mass is 382 g/mol. The van der Waals surface area contributed by atoms with E-state index >= 15 is 0 Å². The maximum absolute atomic E-state index is 12.8. The van der Waals surface area contributed by atoms with E-state index in [0.29, 0.717) is 5.56 Å². The summed E-state index contributed by atoms with van der Waals surface area (Å²) in [5.41, 5.74) is 6.69. The van der Waals surface area contributed by atoms with Gasteiger partial charge in [0.2, 0.25) is 0 Å². The van der Waals surface area contributed by atoms with Crippen molar-refractivity contribution in [2.45, 2.75) is 33.4 Å². The molecule has 0 fully saturated rings. The van der Waals surface area contributed by atoms with Gasteiger partial charge in [0.1, 0.15) is 0 Å². The lowest BCUT2D eigenvalue weighted by Gasteiger charge is -2.14. The largest absolute Gasteiger partial charge is 0.346 e. The van der Waals surface area contributed by atoms with Crippen LogP contribution in [0.1, 0.15) is 45.7 Å². The first-order valence-corrected chi connectivity index (χ1v) is 10.0. The maximum atomic E-state index is 12.8. The maximum Gasteiger partial charge on any atom is 0.251 e. The van der Waals surface area contributed by atoms with Gasteiger partial charge in [0.05, 0.1) is 6.04 Å². The van der Waals surface area contributed by atoms with E-state index in [4.69, 9.17) is 0 Å². The quantitative estimate of drug-likeness (QED) is 0.465. The number of carbonyl (C=O) groups excluding carboxylic acids is 1. The van der Waals surface area contributed by atoms with Crippen molar-refractivity contribution in [2.24, 2.45) is 0 Å². The lowest BCUT2D eigenvalue weighted by atomic mass is 10.1. The number of carbonyl (C=O) groups is 1.